The van der Waals surface area contributed by atoms with E-state index >= 15 is 0 Å². The lowest BCUT2D eigenvalue weighted by Gasteiger charge is -2.38. The summed E-state index contributed by atoms with van der Waals surface area (Å²) in [6, 6.07) is 13.0. The average molecular weight is 428 g/mol. The van der Waals surface area contributed by atoms with Gasteiger partial charge in [0.05, 0.1) is 18.8 Å². The van der Waals surface area contributed by atoms with Gasteiger partial charge in [-0.15, -0.1) is 0 Å². The number of nitrogens with zero attached hydrogens (tertiary/aromatic N) is 2. The molecule has 2 amide bonds. The molecule has 6 nitrogen and oxygen atoms in total. The minimum atomic E-state index is -0.612. The Morgan fingerprint density at radius 2 is 1.87 bits per heavy atom. The second kappa shape index (κ2) is 8.96. The van der Waals surface area contributed by atoms with Gasteiger partial charge in [0.25, 0.3) is 5.91 Å². The van der Waals surface area contributed by atoms with E-state index in [1.807, 2.05) is 53.1 Å². The van der Waals surface area contributed by atoms with Gasteiger partial charge in [0.1, 0.15) is 5.75 Å². The number of fused-ring (bicyclic) bond motifs is 1. The molecule has 1 fully saturated rings. The van der Waals surface area contributed by atoms with Gasteiger partial charge in [0.2, 0.25) is 5.91 Å². The quantitative estimate of drug-likeness (QED) is 0.804. The molecule has 2 aromatic carbocycles. The second-order valence-electron chi connectivity index (χ2n) is 7.80. The van der Waals surface area contributed by atoms with Gasteiger partial charge >= 0.3 is 0 Å². The standard InChI is InChI=1S/C23H26ClN3O3/c1-16-17(24)8-7-9-18(16)25-22(28)15-27-14-21(23(29)26-12-5-2-6-13-26)30-20-11-4-3-10-19(20)27/h3-4,7-11,21H,2,5-6,12-15H2,1H3,(H,25,28)/t21-/m0/s1. The highest BCUT2D eigenvalue weighted by molar-refractivity contribution is 6.31. The van der Waals surface area contributed by atoms with Crippen molar-refractivity contribution in [3.05, 3.63) is 53.1 Å². The van der Waals surface area contributed by atoms with Crippen LogP contribution in [-0.4, -0.2) is 49.0 Å². The topological polar surface area (TPSA) is 61.9 Å². The first kappa shape index (κ1) is 20.5. The molecule has 30 heavy (non-hydrogen) atoms. The Kier molecular flexibility index (Phi) is 6.13. The average Bonchev–Trinajstić information content (AvgIpc) is 2.77. The smallest absolute Gasteiger partial charge is 0.265 e. The minimum absolute atomic E-state index is 0.000275. The number of halogens is 1. The highest BCUT2D eigenvalue weighted by Crippen LogP contribution is 2.33. The van der Waals surface area contributed by atoms with Gasteiger partial charge in [-0.2, -0.15) is 0 Å². The molecule has 0 aromatic heterocycles. The molecule has 1 atom stereocenters. The van der Waals surface area contributed by atoms with Crippen molar-refractivity contribution in [2.24, 2.45) is 0 Å². The monoisotopic (exact) mass is 427 g/mol. The Morgan fingerprint density at radius 3 is 2.67 bits per heavy atom. The van der Waals surface area contributed by atoms with Crippen molar-refractivity contribution in [2.45, 2.75) is 32.3 Å². The fourth-order valence-corrected chi connectivity index (χ4v) is 4.18. The Balaban J connectivity index is 1.50. The van der Waals surface area contributed by atoms with Gasteiger partial charge in [-0.1, -0.05) is 29.8 Å². The van der Waals surface area contributed by atoms with E-state index in [1.165, 1.54) is 0 Å². The molecule has 158 valence electrons. The normalized spacial score (nSPS) is 18.4. The van der Waals surface area contributed by atoms with E-state index in [0.29, 0.717) is 23.0 Å². The van der Waals surface area contributed by atoms with Crippen molar-refractivity contribution in [1.29, 1.82) is 0 Å². The molecule has 7 heteroatoms. The van der Waals surface area contributed by atoms with E-state index in [-0.39, 0.29) is 18.4 Å². The maximum Gasteiger partial charge on any atom is 0.265 e. The van der Waals surface area contributed by atoms with Crippen LogP contribution in [0, 0.1) is 6.92 Å². The van der Waals surface area contributed by atoms with Crippen molar-refractivity contribution in [2.75, 3.05) is 36.4 Å². The summed E-state index contributed by atoms with van der Waals surface area (Å²) < 4.78 is 6.03. The molecule has 4 rings (SSSR count). The Bertz CT molecular complexity index is 943. The van der Waals surface area contributed by atoms with E-state index in [4.69, 9.17) is 16.3 Å². The van der Waals surface area contributed by atoms with Gasteiger partial charge in [-0.25, -0.2) is 0 Å². The fraction of sp³-hybridized carbons (Fsp3) is 0.391. The lowest BCUT2D eigenvalue weighted by molar-refractivity contribution is -0.139. The molecule has 0 bridgehead atoms. The Morgan fingerprint density at radius 1 is 1.10 bits per heavy atom. The van der Waals surface area contributed by atoms with E-state index in [1.54, 1.807) is 6.07 Å². The zero-order chi connectivity index (χ0) is 21.1. The number of benzene rings is 2. The summed E-state index contributed by atoms with van der Waals surface area (Å²) in [6.07, 6.45) is 2.60. The molecule has 2 aliphatic rings. The van der Waals surface area contributed by atoms with Crippen LogP contribution >= 0.6 is 11.6 Å². The van der Waals surface area contributed by atoms with Gasteiger partial charge < -0.3 is 19.9 Å². The van der Waals surface area contributed by atoms with Crippen molar-refractivity contribution < 1.29 is 14.3 Å². The molecule has 0 saturated carbocycles. The highest BCUT2D eigenvalue weighted by atomic mass is 35.5. The summed E-state index contributed by atoms with van der Waals surface area (Å²) in [5.74, 6) is 0.465. The molecule has 1 saturated heterocycles. The van der Waals surface area contributed by atoms with Gasteiger partial charge in [0.15, 0.2) is 6.10 Å². The maximum atomic E-state index is 13.0. The SMILES string of the molecule is Cc1c(Cl)cccc1NC(=O)CN1C[C@@H](C(=O)N2CCCCC2)Oc2ccccc21. The van der Waals surface area contributed by atoms with Crippen LogP contribution in [0.15, 0.2) is 42.5 Å². The Hall–Kier alpha value is -2.73. The van der Waals surface area contributed by atoms with Crippen LogP contribution in [0.5, 0.6) is 5.75 Å². The number of ether oxygens (including phenoxy) is 1. The van der Waals surface area contributed by atoms with Crippen LogP contribution < -0.4 is 15.0 Å². The summed E-state index contributed by atoms with van der Waals surface area (Å²) in [6.45, 7) is 3.88. The van der Waals surface area contributed by atoms with Gasteiger partial charge in [0, 0.05) is 23.8 Å². The number of rotatable bonds is 4. The van der Waals surface area contributed by atoms with Crippen LogP contribution in [0.4, 0.5) is 11.4 Å². The highest BCUT2D eigenvalue weighted by Gasteiger charge is 2.34. The van der Waals surface area contributed by atoms with Crippen LogP contribution in [0.3, 0.4) is 0 Å². The third kappa shape index (κ3) is 4.38. The third-order valence-corrected chi connectivity index (χ3v) is 6.09. The predicted molar refractivity (Wildman–Crippen MR) is 118 cm³/mol. The number of anilines is 2. The van der Waals surface area contributed by atoms with Crippen molar-refractivity contribution in [3.63, 3.8) is 0 Å². The lowest BCUT2D eigenvalue weighted by atomic mass is 10.1. The molecule has 0 aliphatic carbocycles. The molecular formula is C23H26ClN3O3. The molecule has 1 N–H and O–H groups in total. The molecular weight excluding hydrogens is 402 g/mol. The van der Waals surface area contributed by atoms with Crippen molar-refractivity contribution in [1.82, 2.24) is 4.90 Å². The third-order valence-electron chi connectivity index (χ3n) is 5.68. The number of piperidine rings is 1. The summed E-state index contributed by atoms with van der Waals surface area (Å²) in [5, 5.41) is 3.54. The zero-order valence-electron chi connectivity index (χ0n) is 17.1. The fourth-order valence-electron chi connectivity index (χ4n) is 4.01. The first-order chi connectivity index (χ1) is 14.5. The van der Waals surface area contributed by atoms with Crippen LogP contribution in [0.1, 0.15) is 24.8 Å². The Labute approximate surface area is 181 Å². The molecule has 0 radical (unpaired) electrons. The molecule has 2 heterocycles. The number of amides is 2. The van der Waals surface area contributed by atoms with Gasteiger partial charge in [-0.3, -0.25) is 9.59 Å². The van der Waals surface area contributed by atoms with E-state index in [9.17, 15) is 9.59 Å². The summed E-state index contributed by atoms with van der Waals surface area (Å²) in [4.78, 5) is 29.6. The minimum Gasteiger partial charge on any atom is -0.477 e. The number of hydrogen-bond acceptors (Lipinski definition) is 4. The maximum absolute atomic E-state index is 13.0. The van der Waals surface area contributed by atoms with E-state index in [2.05, 4.69) is 5.32 Å². The predicted octanol–water partition coefficient (Wildman–Crippen LogP) is 3.87. The molecule has 2 aliphatic heterocycles. The first-order valence-corrected chi connectivity index (χ1v) is 10.7. The number of carbonyl (C=O) groups is 2. The van der Waals surface area contributed by atoms with Crippen molar-refractivity contribution >= 4 is 34.8 Å². The largest absolute Gasteiger partial charge is 0.477 e. The lowest BCUT2D eigenvalue weighted by Crippen LogP contribution is -2.52. The number of likely N-dealkylation sites (tertiary alicyclic amines) is 1. The molecule has 0 unspecified atom stereocenters. The summed E-state index contributed by atoms with van der Waals surface area (Å²) >= 11 is 6.16. The van der Waals surface area contributed by atoms with Crippen LogP contribution in [-0.2, 0) is 9.59 Å². The van der Waals surface area contributed by atoms with Crippen LogP contribution in [0.2, 0.25) is 5.02 Å². The first-order valence-electron chi connectivity index (χ1n) is 10.4. The number of carbonyl (C=O) groups excluding carboxylic acids is 2. The van der Waals surface area contributed by atoms with Crippen LogP contribution in [0.25, 0.3) is 0 Å². The number of nitrogens with one attached hydrogen (secondary N) is 1. The second-order valence-corrected chi connectivity index (χ2v) is 8.21. The zero-order valence-corrected chi connectivity index (χ0v) is 17.8. The summed E-state index contributed by atoms with van der Waals surface area (Å²) in [5.41, 5.74) is 2.33. The molecule has 2 aromatic rings. The molecule has 0 spiro atoms. The van der Waals surface area contributed by atoms with E-state index < -0.39 is 6.10 Å². The number of para-hydroxylation sites is 2. The number of hydrogen-bond donors (Lipinski definition) is 1. The summed E-state index contributed by atoms with van der Waals surface area (Å²) in [7, 11) is 0. The van der Waals surface area contributed by atoms with Gasteiger partial charge in [-0.05, 0) is 56.0 Å². The van der Waals surface area contributed by atoms with Crippen molar-refractivity contribution in [3.8, 4) is 5.75 Å². The van der Waals surface area contributed by atoms with E-state index in [0.717, 1.165) is 43.6 Å².